The Morgan fingerprint density at radius 1 is 1.29 bits per heavy atom. The quantitative estimate of drug-likeness (QED) is 0.881. The second-order valence-electron chi connectivity index (χ2n) is 4.33. The van der Waals surface area contributed by atoms with Crippen molar-refractivity contribution in [1.29, 1.82) is 0 Å². The highest BCUT2D eigenvalue weighted by molar-refractivity contribution is 6.04. The van der Waals surface area contributed by atoms with Crippen LogP contribution in [0.4, 0.5) is 5.69 Å². The van der Waals surface area contributed by atoms with Crippen LogP contribution in [0.1, 0.15) is 16.1 Å². The third-order valence-electron chi connectivity index (χ3n) is 2.84. The van der Waals surface area contributed by atoms with Crippen LogP contribution < -0.4 is 15.4 Å². The van der Waals surface area contributed by atoms with Gasteiger partial charge in [-0.1, -0.05) is 6.07 Å². The van der Waals surface area contributed by atoms with Crippen LogP contribution in [0.15, 0.2) is 41.0 Å². The number of aryl methyl sites for hydroxylation is 1. The summed E-state index contributed by atoms with van der Waals surface area (Å²) in [6.45, 7) is 1.65. The molecule has 6 nitrogen and oxygen atoms in total. The Labute approximate surface area is 122 Å². The number of benzene rings is 1. The Kier molecular flexibility index (Phi) is 4.61. The van der Waals surface area contributed by atoms with E-state index in [0.717, 1.165) is 0 Å². The van der Waals surface area contributed by atoms with Gasteiger partial charge < -0.3 is 19.8 Å². The lowest BCUT2D eigenvalue weighted by Crippen LogP contribution is -2.24. The highest BCUT2D eigenvalue weighted by Crippen LogP contribution is 2.19. The number of hydrogen-bond donors (Lipinski definition) is 2. The smallest absolute Gasteiger partial charge is 0.259 e. The van der Waals surface area contributed by atoms with E-state index in [1.54, 1.807) is 37.3 Å². The van der Waals surface area contributed by atoms with Crippen LogP contribution in [-0.2, 0) is 4.79 Å². The number of likely N-dealkylation sites (N-methyl/N-ethyl adjacent to an activating group) is 1. The van der Waals surface area contributed by atoms with E-state index in [1.807, 2.05) is 0 Å². The minimum absolute atomic E-state index is 0.0747. The molecule has 2 rings (SSSR count). The topological polar surface area (TPSA) is 80.6 Å². The molecular weight excluding hydrogens is 272 g/mol. The van der Waals surface area contributed by atoms with E-state index in [0.29, 0.717) is 22.8 Å². The average Bonchev–Trinajstić information content (AvgIpc) is 2.91. The third-order valence-corrected chi connectivity index (χ3v) is 2.84. The summed E-state index contributed by atoms with van der Waals surface area (Å²) in [6.07, 6.45) is 1.47. The number of hydrogen-bond acceptors (Lipinski definition) is 4. The molecule has 1 aromatic carbocycles. The summed E-state index contributed by atoms with van der Waals surface area (Å²) >= 11 is 0. The van der Waals surface area contributed by atoms with Gasteiger partial charge in [-0.3, -0.25) is 9.59 Å². The number of furan rings is 1. The van der Waals surface area contributed by atoms with Crippen LogP contribution in [0.25, 0.3) is 0 Å². The number of anilines is 1. The van der Waals surface area contributed by atoms with Crippen LogP contribution in [-0.4, -0.2) is 25.5 Å². The van der Waals surface area contributed by atoms with Gasteiger partial charge >= 0.3 is 0 Å². The molecule has 0 fully saturated rings. The van der Waals surface area contributed by atoms with Gasteiger partial charge in [0, 0.05) is 18.8 Å². The largest absolute Gasteiger partial charge is 0.484 e. The maximum absolute atomic E-state index is 12.0. The van der Waals surface area contributed by atoms with Crippen molar-refractivity contribution >= 4 is 17.5 Å². The van der Waals surface area contributed by atoms with Crippen molar-refractivity contribution in [2.24, 2.45) is 0 Å². The Balaban J connectivity index is 2.02. The summed E-state index contributed by atoms with van der Waals surface area (Å²) in [5.41, 5.74) is 1.06. The highest BCUT2D eigenvalue weighted by Gasteiger charge is 2.11. The molecule has 0 saturated carbocycles. The minimum Gasteiger partial charge on any atom is -0.484 e. The van der Waals surface area contributed by atoms with E-state index < -0.39 is 0 Å². The molecule has 110 valence electrons. The summed E-state index contributed by atoms with van der Waals surface area (Å²) in [7, 11) is 1.54. The number of ether oxygens (including phenoxy) is 1. The van der Waals surface area contributed by atoms with Gasteiger partial charge in [-0.25, -0.2) is 0 Å². The van der Waals surface area contributed by atoms with Gasteiger partial charge in [-0.2, -0.15) is 0 Å². The van der Waals surface area contributed by atoms with Crippen molar-refractivity contribution in [3.63, 3.8) is 0 Å². The highest BCUT2D eigenvalue weighted by atomic mass is 16.5. The monoisotopic (exact) mass is 288 g/mol. The minimum atomic E-state index is -0.260. The van der Waals surface area contributed by atoms with Crippen LogP contribution in [0.3, 0.4) is 0 Å². The predicted octanol–water partition coefficient (Wildman–Crippen LogP) is 1.97. The Hall–Kier alpha value is -2.76. The van der Waals surface area contributed by atoms with E-state index >= 15 is 0 Å². The molecule has 1 heterocycles. The molecule has 2 N–H and O–H groups in total. The lowest BCUT2D eigenvalue weighted by molar-refractivity contribution is -0.122. The fourth-order valence-corrected chi connectivity index (χ4v) is 1.70. The van der Waals surface area contributed by atoms with Gasteiger partial charge in [0.1, 0.15) is 11.5 Å². The molecule has 0 radical (unpaired) electrons. The van der Waals surface area contributed by atoms with Crippen LogP contribution in [0.2, 0.25) is 0 Å². The van der Waals surface area contributed by atoms with Gasteiger partial charge in [0.2, 0.25) is 0 Å². The summed E-state index contributed by atoms with van der Waals surface area (Å²) < 4.78 is 10.4. The van der Waals surface area contributed by atoms with Crippen molar-refractivity contribution in [2.45, 2.75) is 6.92 Å². The van der Waals surface area contributed by atoms with Gasteiger partial charge in [0.15, 0.2) is 6.61 Å². The summed E-state index contributed by atoms with van der Waals surface area (Å²) in [5, 5.41) is 5.21. The van der Waals surface area contributed by atoms with Crippen LogP contribution in [0, 0.1) is 6.92 Å². The maximum Gasteiger partial charge on any atom is 0.259 e. The Morgan fingerprint density at radius 3 is 2.76 bits per heavy atom. The summed E-state index contributed by atoms with van der Waals surface area (Å²) in [6, 6.07) is 8.44. The number of nitrogens with one attached hydrogen (secondary N) is 2. The molecule has 0 unspecified atom stereocenters. The average molecular weight is 288 g/mol. The van der Waals surface area contributed by atoms with Gasteiger partial charge in [0.25, 0.3) is 11.8 Å². The lowest BCUT2D eigenvalue weighted by atomic mass is 10.2. The molecular formula is C15H16N2O4. The molecule has 0 aliphatic carbocycles. The zero-order chi connectivity index (χ0) is 15.2. The molecule has 1 aromatic heterocycles. The van der Waals surface area contributed by atoms with Crippen molar-refractivity contribution < 1.29 is 18.7 Å². The van der Waals surface area contributed by atoms with E-state index in [1.165, 1.54) is 13.3 Å². The van der Waals surface area contributed by atoms with E-state index in [9.17, 15) is 9.59 Å². The molecule has 0 spiro atoms. The first kappa shape index (κ1) is 14.6. The number of carbonyl (C=O) groups excluding carboxylic acids is 2. The van der Waals surface area contributed by atoms with E-state index in [-0.39, 0.29) is 18.4 Å². The molecule has 21 heavy (non-hydrogen) atoms. The van der Waals surface area contributed by atoms with Crippen molar-refractivity contribution in [3.05, 3.63) is 47.9 Å². The predicted molar refractivity (Wildman–Crippen MR) is 77.4 cm³/mol. The van der Waals surface area contributed by atoms with Crippen molar-refractivity contribution in [3.8, 4) is 5.75 Å². The Bertz CT molecular complexity index is 649. The fourth-order valence-electron chi connectivity index (χ4n) is 1.70. The van der Waals surface area contributed by atoms with Gasteiger partial charge in [-0.05, 0) is 25.1 Å². The zero-order valence-electron chi connectivity index (χ0n) is 11.8. The van der Waals surface area contributed by atoms with Crippen molar-refractivity contribution in [1.82, 2.24) is 5.32 Å². The molecule has 0 bridgehead atoms. The molecule has 0 atom stereocenters. The number of rotatable bonds is 5. The zero-order valence-corrected chi connectivity index (χ0v) is 11.8. The van der Waals surface area contributed by atoms with Crippen LogP contribution in [0.5, 0.6) is 5.75 Å². The van der Waals surface area contributed by atoms with E-state index in [2.05, 4.69) is 10.6 Å². The maximum atomic E-state index is 12.0. The first-order valence-corrected chi connectivity index (χ1v) is 6.39. The first-order valence-electron chi connectivity index (χ1n) is 6.39. The molecule has 0 saturated heterocycles. The van der Waals surface area contributed by atoms with Crippen LogP contribution >= 0.6 is 0 Å². The normalized spacial score (nSPS) is 10.0. The van der Waals surface area contributed by atoms with Gasteiger partial charge in [0.05, 0.1) is 11.8 Å². The SMILES string of the molecule is CNC(=O)COc1cccc(NC(=O)c2ccoc2C)c1. The second-order valence-corrected chi connectivity index (χ2v) is 4.33. The molecule has 6 heteroatoms. The third kappa shape index (κ3) is 3.85. The standard InChI is InChI=1S/C15H16N2O4/c1-10-13(6-7-20-10)15(19)17-11-4-3-5-12(8-11)21-9-14(18)16-2/h3-8H,9H2,1-2H3,(H,16,18)(H,17,19). The first-order chi connectivity index (χ1) is 10.1. The molecule has 0 aliphatic heterocycles. The fraction of sp³-hybridized carbons (Fsp3) is 0.200. The summed E-state index contributed by atoms with van der Waals surface area (Å²) in [5.74, 6) is 0.572. The second kappa shape index (κ2) is 6.60. The molecule has 0 aliphatic rings. The molecule has 2 amide bonds. The summed E-state index contributed by atoms with van der Waals surface area (Å²) in [4.78, 5) is 23.2. The van der Waals surface area contributed by atoms with Gasteiger partial charge in [-0.15, -0.1) is 0 Å². The van der Waals surface area contributed by atoms with Crippen molar-refractivity contribution in [2.75, 3.05) is 19.0 Å². The number of carbonyl (C=O) groups is 2. The van der Waals surface area contributed by atoms with E-state index in [4.69, 9.17) is 9.15 Å². The number of amides is 2. The Morgan fingerprint density at radius 2 is 2.10 bits per heavy atom. The lowest BCUT2D eigenvalue weighted by Gasteiger charge is -2.08. The molecule has 2 aromatic rings.